The molecule has 4 aromatic rings. The van der Waals surface area contributed by atoms with E-state index in [1.54, 1.807) is 10.7 Å². The van der Waals surface area contributed by atoms with Gasteiger partial charge in [0.15, 0.2) is 0 Å². The highest BCUT2D eigenvalue weighted by atomic mass is 16.4. The Balaban J connectivity index is 1.47. The van der Waals surface area contributed by atoms with Crippen molar-refractivity contribution in [2.75, 3.05) is 5.32 Å². The third kappa shape index (κ3) is 3.46. The van der Waals surface area contributed by atoms with Gasteiger partial charge in [0.05, 0.1) is 12.6 Å². The van der Waals surface area contributed by atoms with Crippen molar-refractivity contribution in [3.05, 3.63) is 71.2 Å². The molecule has 4 rings (SSSR count). The summed E-state index contributed by atoms with van der Waals surface area (Å²) in [5.74, 6) is 1.25. The number of amides is 1. The van der Waals surface area contributed by atoms with Crippen molar-refractivity contribution in [2.45, 2.75) is 27.2 Å². The van der Waals surface area contributed by atoms with Crippen molar-refractivity contribution in [1.82, 2.24) is 14.6 Å². The Kier molecular flexibility index (Phi) is 4.24. The number of nitrogens with one attached hydrogen (secondary N) is 1. The van der Waals surface area contributed by atoms with Crippen molar-refractivity contribution in [3.8, 4) is 11.5 Å². The molecular weight excluding hydrogens is 340 g/mol. The second-order valence-electron chi connectivity index (χ2n) is 6.69. The minimum absolute atomic E-state index is 0.0384. The summed E-state index contributed by atoms with van der Waals surface area (Å²) in [5.41, 5.74) is 5.50. The van der Waals surface area contributed by atoms with Crippen molar-refractivity contribution in [3.63, 3.8) is 0 Å². The van der Waals surface area contributed by atoms with Crippen molar-refractivity contribution in [1.29, 1.82) is 0 Å². The largest absolute Gasteiger partial charge is 0.417 e. The monoisotopic (exact) mass is 360 g/mol. The number of nitrogens with zero attached hydrogens (tertiary/aromatic N) is 3. The Labute approximate surface area is 156 Å². The number of fused-ring (bicyclic) bond motifs is 1. The van der Waals surface area contributed by atoms with Gasteiger partial charge in [-0.1, -0.05) is 23.8 Å². The van der Waals surface area contributed by atoms with Crippen molar-refractivity contribution in [2.24, 2.45) is 0 Å². The van der Waals surface area contributed by atoms with Crippen LogP contribution in [0.1, 0.15) is 22.5 Å². The maximum Gasteiger partial charge on any atom is 0.246 e. The number of hydrogen-bond donors (Lipinski definition) is 1. The Morgan fingerprint density at radius 2 is 1.89 bits per heavy atom. The van der Waals surface area contributed by atoms with E-state index < -0.39 is 0 Å². The first-order chi connectivity index (χ1) is 13.0. The van der Waals surface area contributed by atoms with E-state index in [1.807, 2.05) is 51.1 Å². The van der Waals surface area contributed by atoms with E-state index in [0.29, 0.717) is 18.0 Å². The predicted octanol–water partition coefficient (Wildman–Crippen LogP) is 4.10. The predicted molar refractivity (Wildman–Crippen MR) is 104 cm³/mol. The fraction of sp³-hybridized carbons (Fsp3) is 0.190. The summed E-state index contributed by atoms with van der Waals surface area (Å²) in [6, 6.07) is 13.6. The molecule has 136 valence electrons. The van der Waals surface area contributed by atoms with Gasteiger partial charge in [0.1, 0.15) is 5.82 Å². The average molecular weight is 360 g/mol. The van der Waals surface area contributed by atoms with Gasteiger partial charge in [0, 0.05) is 11.3 Å². The fourth-order valence-electron chi connectivity index (χ4n) is 3.00. The maximum absolute atomic E-state index is 12.4. The van der Waals surface area contributed by atoms with Gasteiger partial charge >= 0.3 is 0 Å². The zero-order valence-electron chi connectivity index (χ0n) is 15.5. The summed E-state index contributed by atoms with van der Waals surface area (Å²) in [4.78, 5) is 16.5. The first-order valence-corrected chi connectivity index (χ1v) is 8.77. The lowest BCUT2D eigenvalue weighted by atomic mass is 10.0. The number of hydrogen-bond acceptors (Lipinski definition) is 4. The highest BCUT2D eigenvalue weighted by molar-refractivity contribution is 5.92. The SMILES string of the molecule is Cc1ccc(C)c(CC(=O)Nc2ccc(-c3nn4c(C)ncc4o3)cc2)c1. The standard InChI is InChI=1S/C21H20N4O2/c1-13-4-5-14(2)17(10-13)11-19(26)23-18-8-6-16(7-9-18)21-24-25-15(3)22-12-20(25)27-21/h4-10,12H,11H2,1-3H3,(H,23,26). The van der Waals surface area contributed by atoms with Gasteiger partial charge in [-0.15, -0.1) is 5.10 Å². The van der Waals surface area contributed by atoms with Crippen LogP contribution < -0.4 is 5.32 Å². The molecule has 0 saturated carbocycles. The topological polar surface area (TPSA) is 72.4 Å². The molecule has 0 unspecified atom stereocenters. The average Bonchev–Trinajstić information content (AvgIpc) is 3.21. The molecule has 27 heavy (non-hydrogen) atoms. The van der Waals surface area contributed by atoms with Gasteiger partial charge < -0.3 is 9.73 Å². The maximum atomic E-state index is 12.4. The van der Waals surface area contributed by atoms with Gasteiger partial charge in [0.25, 0.3) is 0 Å². The summed E-state index contributed by atoms with van der Waals surface area (Å²) in [6.45, 7) is 5.92. The number of imidazole rings is 1. The van der Waals surface area contributed by atoms with Crippen LogP contribution in [-0.2, 0) is 11.2 Å². The van der Waals surface area contributed by atoms with E-state index in [9.17, 15) is 4.79 Å². The Bertz CT molecular complexity index is 1120. The third-order valence-electron chi connectivity index (χ3n) is 4.54. The molecule has 0 aliphatic rings. The molecule has 0 atom stereocenters. The Morgan fingerprint density at radius 1 is 1.11 bits per heavy atom. The number of carbonyl (C=O) groups excluding carboxylic acids is 1. The molecule has 0 radical (unpaired) electrons. The fourth-order valence-corrected chi connectivity index (χ4v) is 3.00. The lowest BCUT2D eigenvalue weighted by Crippen LogP contribution is -2.15. The lowest BCUT2D eigenvalue weighted by Gasteiger charge is -2.08. The smallest absolute Gasteiger partial charge is 0.246 e. The molecule has 0 fully saturated rings. The Hall–Kier alpha value is -3.41. The van der Waals surface area contributed by atoms with E-state index >= 15 is 0 Å². The number of aryl methyl sites for hydroxylation is 3. The molecule has 6 nitrogen and oxygen atoms in total. The minimum atomic E-state index is -0.0384. The van der Waals surface area contributed by atoms with Crippen LogP contribution in [0.15, 0.2) is 53.1 Å². The van der Waals surface area contributed by atoms with Crippen LogP contribution in [0.3, 0.4) is 0 Å². The molecule has 2 heterocycles. The van der Waals surface area contributed by atoms with Crippen LogP contribution in [0.5, 0.6) is 0 Å². The first kappa shape index (κ1) is 17.0. The molecular formula is C21H20N4O2. The molecule has 0 bridgehead atoms. The summed E-state index contributed by atoms with van der Waals surface area (Å²) < 4.78 is 7.36. The molecule has 0 saturated heterocycles. The van der Waals surface area contributed by atoms with E-state index in [4.69, 9.17) is 4.42 Å². The molecule has 2 aromatic carbocycles. The van der Waals surface area contributed by atoms with Crippen LogP contribution >= 0.6 is 0 Å². The zero-order chi connectivity index (χ0) is 19.0. The van der Waals surface area contributed by atoms with Crippen molar-refractivity contribution < 1.29 is 9.21 Å². The van der Waals surface area contributed by atoms with E-state index in [2.05, 4.69) is 27.5 Å². The van der Waals surface area contributed by atoms with Crippen LogP contribution in [0.25, 0.3) is 17.2 Å². The Morgan fingerprint density at radius 3 is 2.63 bits per heavy atom. The number of aromatic nitrogens is 3. The number of benzene rings is 2. The minimum Gasteiger partial charge on any atom is -0.417 e. The normalized spacial score (nSPS) is 11.1. The third-order valence-corrected chi connectivity index (χ3v) is 4.54. The van der Waals surface area contributed by atoms with E-state index in [-0.39, 0.29) is 5.91 Å². The summed E-state index contributed by atoms with van der Waals surface area (Å²) in [7, 11) is 0. The number of anilines is 1. The van der Waals surface area contributed by atoms with Crippen LogP contribution in [0.4, 0.5) is 5.69 Å². The lowest BCUT2D eigenvalue weighted by molar-refractivity contribution is -0.115. The van der Waals surface area contributed by atoms with Gasteiger partial charge in [-0.05, 0) is 56.2 Å². The summed E-state index contributed by atoms with van der Waals surface area (Å²) in [6.07, 6.45) is 2.00. The van der Waals surface area contributed by atoms with Gasteiger partial charge in [0.2, 0.25) is 17.5 Å². The molecule has 1 N–H and O–H groups in total. The molecule has 0 spiro atoms. The zero-order valence-corrected chi connectivity index (χ0v) is 15.5. The first-order valence-electron chi connectivity index (χ1n) is 8.77. The van der Waals surface area contributed by atoms with Gasteiger partial charge in [-0.2, -0.15) is 4.52 Å². The molecule has 2 aromatic heterocycles. The van der Waals surface area contributed by atoms with E-state index in [1.165, 1.54) is 0 Å². The second kappa shape index (κ2) is 6.72. The van der Waals surface area contributed by atoms with E-state index in [0.717, 1.165) is 33.8 Å². The second-order valence-corrected chi connectivity index (χ2v) is 6.69. The highest BCUT2D eigenvalue weighted by Gasteiger charge is 2.11. The molecule has 0 aliphatic carbocycles. The molecule has 0 aliphatic heterocycles. The summed E-state index contributed by atoms with van der Waals surface area (Å²) in [5, 5.41) is 7.35. The van der Waals surface area contributed by atoms with Crippen LogP contribution in [0.2, 0.25) is 0 Å². The molecule has 1 amide bonds. The number of rotatable bonds is 4. The van der Waals surface area contributed by atoms with Crippen molar-refractivity contribution >= 4 is 17.3 Å². The van der Waals surface area contributed by atoms with Crippen LogP contribution in [-0.4, -0.2) is 20.5 Å². The number of carbonyl (C=O) groups is 1. The quantitative estimate of drug-likeness (QED) is 0.595. The molecule has 6 heteroatoms. The van der Waals surface area contributed by atoms with Gasteiger partial charge in [-0.3, -0.25) is 4.79 Å². The summed E-state index contributed by atoms with van der Waals surface area (Å²) >= 11 is 0. The highest BCUT2D eigenvalue weighted by Crippen LogP contribution is 2.22. The van der Waals surface area contributed by atoms with Crippen LogP contribution in [0, 0.1) is 20.8 Å². The van der Waals surface area contributed by atoms with Gasteiger partial charge in [-0.25, -0.2) is 4.98 Å².